The maximum atomic E-state index is 12.9. The van der Waals surface area contributed by atoms with Crippen LogP contribution in [0.25, 0.3) is 0 Å². The Morgan fingerprint density at radius 2 is 1.70 bits per heavy atom. The maximum Gasteiger partial charge on any atom is 0.335 e. The molecule has 0 aromatic heterocycles. The smallest absolute Gasteiger partial charge is 0.335 e. The van der Waals surface area contributed by atoms with E-state index < -0.39 is 0 Å². The fourth-order valence-electron chi connectivity index (χ4n) is 9.14. The third-order valence-corrected chi connectivity index (χ3v) is 11.3. The number of hydrogen-bond acceptors (Lipinski definition) is 3. The van der Waals surface area contributed by atoms with Gasteiger partial charge in [0.2, 0.25) is 0 Å². The van der Waals surface area contributed by atoms with Gasteiger partial charge < -0.3 is 4.74 Å². The van der Waals surface area contributed by atoms with Gasteiger partial charge >= 0.3 is 5.97 Å². The van der Waals surface area contributed by atoms with Crippen molar-refractivity contribution in [2.45, 2.75) is 99.5 Å². The molecule has 0 amide bonds. The number of carbonyl (C=O) groups excluding carboxylic acids is 2. The van der Waals surface area contributed by atoms with Crippen LogP contribution in [0.1, 0.15) is 93.4 Å². The second-order valence-corrected chi connectivity index (χ2v) is 13.3. The van der Waals surface area contributed by atoms with E-state index in [0.29, 0.717) is 17.6 Å². The molecule has 0 unspecified atom stereocenters. The number of allylic oxidation sites excluding steroid dienone is 3. The third kappa shape index (κ3) is 2.99. The van der Waals surface area contributed by atoms with E-state index in [-0.39, 0.29) is 39.7 Å². The molecule has 180 valence electrons. The van der Waals surface area contributed by atoms with Crippen molar-refractivity contribution in [1.82, 2.24) is 0 Å². The summed E-state index contributed by atoms with van der Waals surface area (Å²) in [6.45, 7) is 15.9. The van der Waals surface area contributed by atoms with E-state index in [9.17, 15) is 9.59 Å². The van der Waals surface area contributed by atoms with Gasteiger partial charge in [-0.2, -0.15) is 0 Å². The maximum absolute atomic E-state index is 12.9. The molecule has 1 aliphatic heterocycles. The first-order valence-corrected chi connectivity index (χ1v) is 13.2. The summed E-state index contributed by atoms with van der Waals surface area (Å²) in [4.78, 5) is 25.7. The van der Waals surface area contributed by atoms with Crippen LogP contribution in [-0.4, -0.2) is 17.9 Å². The highest BCUT2D eigenvalue weighted by Gasteiger charge is 2.65. The molecule has 3 fully saturated rings. The van der Waals surface area contributed by atoms with Crippen LogP contribution in [0.5, 0.6) is 0 Å². The molecule has 0 N–H and O–H groups in total. The summed E-state index contributed by atoms with van der Waals surface area (Å²) in [5, 5.41) is 0. The summed E-state index contributed by atoms with van der Waals surface area (Å²) < 4.78 is 5.73. The molecule has 0 spiro atoms. The van der Waals surface area contributed by atoms with Crippen LogP contribution in [0.3, 0.4) is 0 Å². The van der Waals surface area contributed by atoms with E-state index in [1.54, 1.807) is 5.57 Å². The molecule has 7 atom stereocenters. The summed E-state index contributed by atoms with van der Waals surface area (Å²) in [5.41, 5.74) is 3.90. The predicted octanol–water partition coefficient (Wildman–Crippen LogP) is 6.98. The summed E-state index contributed by atoms with van der Waals surface area (Å²) in [6.07, 6.45) is 13.8. The lowest BCUT2D eigenvalue weighted by Gasteiger charge is -2.63. The number of hydrogen-bond donors (Lipinski definition) is 0. The van der Waals surface area contributed by atoms with Gasteiger partial charge in [-0.05, 0) is 98.5 Å². The van der Waals surface area contributed by atoms with Crippen LogP contribution in [0.4, 0.5) is 0 Å². The number of carbonyl (C=O) groups is 2. The highest BCUT2D eigenvalue weighted by atomic mass is 16.5. The number of cyclic esters (lactones) is 1. The average molecular weight is 451 g/mol. The second-order valence-electron chi connectivity index (χ2n) is 13.3. The molecule has 3 saturated carbocycles. The molecule has 0 radical (unpaired) electrons. The quantitative estimate of drug-likeness (QED) is 0.337. The summed E-state index contributed by atoms with van der Waals surface area (Å²) in [5.74, 6) is 1.60. The monoisotopic (exact) mass is 450 g/mol. The Kier molecular flexibility index (Phi) is 5.03. The highest BCUT2D eigenvalue weighted by molar-refractivity contribution is 5.92. The summed E-state index contributed by atoms with van der Waals surface area (Å²) >= 11 is 0. The molecule has 0 aromatic rings. The highest BCUT2D eigenvalue weighted by Crippen LogP contribution is 2.73. The number of rotatable bonds is 2. The molecule has 0 aromatic carbocycles. The molecule has 1 heterocycles. The minimum Gasteiger partial charge on any atom is -0.450 e. The van der Waals surface area contributed by atoms with Crippen molar-refractivity contribution in [2.24, 2.45) is 39.4 Å². The molecular weight excluding hydrogens is 408 g/mol. The lowest BCUT2D eigenvalue weighted by atomic mass is 9.41. The summed E-state index contributed by atoms with van der Waals surface area (Å²) in [6, 6.07) is 0. The number of ether oxygens (including phenoxy) is 1. The van der Waals surface area contributed by atoms with Crippen molar-refractivity contribution in [1.29, 1.82) is 0 Å². The van der Waals surface area contributed by atoms with Crippen molar-refractivity contribution >= 4 is 11.8 Å². The summed E-state index contributed by atoms with van der Waals surface area (Å²) in [7, 11) is 0. The first kappa shape index (κ1) is 23.1. The van der Waals surface area contributed by atoms with Crippen LogP contribution >= 0.6 is 0 Å². The van der Waals surface area contributed by atoms with E-state index in [2.05, 4.69) is 66.7 Å². The van der Waals surface area contributed by atoms with Gasteiger partial charge in [-0.1, -0.05) is 51.8 Å². The van der Waals surface area contributed by atoms with E-state index in [1.165, 1.54) is 12.0 Å². The molecule has 4 aliphatic carbocycles. The molecule has 3 nitrogen and oxygen atoms in total. The van der Waals surface area contributed by atoms with E-state index in [0.717, 1.165) is 44.1 Å². The van der Waals surface area contributed by atoms with Crippen LogP contribution in [0.2, 0.25) is 0 Å². The zero-order valence-corrected chi connectivity index (χ0v) is 21.7. The molecule has 0 bridgehead atoms. The van der Waals surface area contributed by atoms with Gasteiger partial charge in [0.15, 0.2) is 0 Å². The van der Waals surface area contributed by atoms with Gasteiger partial charge in [-0.15, -0.1) is 0 Å². The molecular formula is C30H42O3. The van der Waals surface area contributed by atoms with Gasteiger partial charge in [0.25, 0.3) is 0 Å². The third-order valence-electron chi connectivity index (χ3n) is 11.3. The molecule has 3 heteroatoms. The zero-order valence-electron chi connectivity index (χ0n) is 21.7. The minimum absolute atomic E-state index is 0.0727. The Bertz CT molecular complexity index is 992. The topological polar surface area (TPSA) is 43.4 Å². The SMILES string of the molecule is CC(C)=C[C@@H]1C=C([C@@H]2CC[C@]3(C)C4=CC[C@H]5C(C)(C)C(=O)CC[C@]5(C)[C@H]4CC[C@@]23C)C(=O)O1. The number of ketones is 1. The largest absolute Gasteiger partial charge is 0.450 e. The van der Waals surface area contributed by atoms with Crippen LogP contribution in [0.15, 0.2) is 34.9 Å². The Morgan fingerprint density at radius 1 is 1.00 bits per heavy atom. The Morgan fingerprint density at radius 3 is 2.39 bits per heavy atom. The van der Waals surface area contributed by atoms with Crippen molar-refractivity contribution in [2.75, 3.05) is 0 Å². The van der Waals surface area contributed by atoms with Crippen LogP contribution in [-0.2, 0) is 14.3 Å². The minimum atomic E-state index is -0.229. The predicted molar refractivity (Wildman–Crippen MR) is 131 cm³/mol. The first-order valence-electron chi connectivity index (χ1n) is 13.2. The van der Waals surface area contributed by atoms with Gasteiger partial charge in [-0.25, -0.2) is 4.79 Å². The lowest BCUT2D eigenvalue weighted by Crippen LogP contribution is -2.57. The standard InChI is InChI=1S/C30H42O3/c1-18(2)16-19-17-20(26(32)33-19)21-10-14-30(7)23-8-9-24-27(3,4)25(31)12-13-28(24,5)22(23)11-15-29(21,30)6/h8,16-17,19,21-22,24H,9-15H2,1-7H3/t19-,21+,22+,24+,28-,29+,30-/m1/s1. The Hall–Kier alpha value is -1.64. The Balaban J connectivity index is 1.51. The fraction of sp³-hybridized carbons (Fsp3) is 0.733. The lowest BCUT2D eigenvalue weighted by molar-refractivity contribution is -0.145. The van der Waals surface area contributed by atoms with Gasteiger partial charge in [0, 0.05) is 17.4 Å². The first-order chi connectivity index (χ1) is 15.3. The number of Topliss-reactive ketones (excluding diaryl/α,β-unsaturated/α-hetero) is 1. The molecule has 33 heavy (non-hydrogen) atoms. The average Bonchev–Trinajstić information content (AvgIpc) is 3.20. The van der Waals surface area contributed by atoms with Gasteiger partial charge in [0.1, 0.15) is 11.9 Å². The van der Waals surface area contributed by atoms with E-state index in [4.69, 9.17) is 4.74 Å². The van der Waals surface area contributed by atoms with E-state index >= 15 is 0 Å². The van der Waals surface area contributed by atoms with Crippen LogP contribution in [0, 0.1) is 39.4 Å². The van der Waals surface area contributed by atoms with Gasteiger partial charge in [-0.3, -0.25) is 4.79 Å². The van der Waals surface area contributed by atoms with Gasteiger partial charge in [0.05, 0.1) is 0 Å². The second kappa shape index (κ2) is 7.18. The van der Waals surface area contributed by atoms with Crippen molar-refractivity contribution in [3.05, 3.63) is 34.9 Å². The van der Waals surface area contributed by atoms with Crippen molar-refractivity contribution < 1.29 is 14.3 Å². The van der Waals surface area contributed by atoms with Crippen molar-refractivity contribution in [3.63, 3.8) is 0 Å². The normalized spacial score (nSPS) is 45.9. The molecule has 0 saturated heterocycles. The fourth-order valence-corrected chi connectivity index (χ4v) is 9.14. The number of fused-ring (bicyclic) bond motifs is 5. The number of esters is 1. The molecule has 5 aliphatic rings. The molecule has 5 rings (SSSR count). The van der Waals surface area contributed by atoms with Crippen LogP contribution < -0.4 is 0 Å². The van der Waals surface area contributed by atoms with Crippen molar-refractivity contribution in [3.8, 4) is 0 Å². The zero-order chi connectivity index (χ0) is 24.0. The van der Waals surface area contributed by atoms with E-state index in [1.807, 2.05) is 0 Å². The Labute approximate surface area is 200 Å².